The number of pyridine rings is 1. The van der Waals surface area contributed by atoms with E-state index in [1.807, 2.05) is 68.6 Å². The molecule has 28 heavy (non-hydrogen) atoms. The Hall–Kier alpha value is -1.98. The Labute approximate surface area is 176 Å². The first kappa shape index (κ1) is 22.3. The van der Waals surface area contributed by atoms with Crippen LogP contribution in [0.3, 0.4) is 0 Å². The second-order valence-electron chi connectivity index (χ2n) is 6.20. The first-order chi connectivity index (χ1) is 13.4. The van der Waals surface area contributed by atoms with Gasteiger partial charge in [0, 0.05) is 41.5 Å². The zero-order valence-corrected chi connectivity index (χ0v) is 18.0. The summed E-state index contributed by atoms with van der Waals surface area (Å²) in [5.41, 5.74) is 2.94. The maximum Gasteiger partial charge on any atom is 0.195 e. The zero-order valence-electron chi connectivity index (χ0n) is 16.4. The Bertz CT molecular complexity index is 887. The second-order valence-corrected chi connectivity index (χ2v) is 7.08. The number of aryl methyl sites for hydroxylation is 1. The Kier molecular flexibility index (Phi) is 8.87. The fraction of sp³-hybridized carbons (Fsp3) is 0.273. The molecule has 3 aromatic rings. The average molecular weight is 419 g/mol. The van der Waals surface area contributed by atoms with Gasteiger partial charge in [-0.1, -0.05) is 41.4 Å². The van der Waals surface area contributed by atoms with Gasteiger partial charge in [-0.25, -0.2) is 0 Å². The Morgan fingerprint density at radius 3 is 2.25 bits per heavy atom. The minimum Gasteiger partial charge on any atom is -0.351 e. The standard InChI is InChI=1S/C12H16ClNO2.C10H8ClN/c1-9(12(15-2)16-3)14-8-10-4-6-11(13)7-5-10;1-7-4-9-5-10(11)3-2-8(9)6-12-7/h4-7,12H,8H2,1-3H3;2-6H,1H3. The van der Waals surface area contributed by atoms with Gasteiger partial charge in [0.15, 0.2) is 6.29 Å². The van der Waals surface area contributed by atoms with Crippen LogP contribution < -0.4 is 0 Å². The SMILES string of the molecule is COC(OC)C(C)=NCc1ccc(Cl)cc1.Cc1cc2cc(Cl)ccc2cn1. The molecular formula is C22H24Cl2N2O2. The van der Waals surface area contributed by atoms with E-state index in [1.165, 1.54) is 0 Å². The van der Waals surface area contributed by atoms with Gasteiger partial charge in [0.05, 0.1) is 12.3 Å². The van der Waals surface area contributed by atoms with E-state index in [2.05, 4.69) is 9.98 Å². The highest BCUT2D eigenvalue weighted by Gasteiger charge is 2.08. The van der Waals surface area contributed by atoms with E-state index >= 15 is 0 Å². The molecule has 2 aromatic carbocycles. The summed E-state index contributed by atoms with van der Waals surface area (Å²) in [7, 11) is 3.19. The summed E-state index contributed by atoms with van der Waals surface area (Å²) >= 11 is 11.6. The molecule has 0 spiro atoms. The van der Waals surface area contributed by atoms with Crippen LogP contribution in [-0.4, -0.2) is 31.2 Å². The van der Waals surface area contributed by atoms with Crippen LogP contribution in [0.25, 0.3) is 10.8 Å². The van der Waals surface area contributed by atoms with Crippen molar-refractivity contribution >= 4 is 39.7 Å². The van der Waals surface area contributed by atoms with Crippen molar-refractivity contribution in [1.82, 2.24) is 4.98 Å². The lowest BCUT2D eigenvalue weighted by atomic mass is 10.1. The molecule has 0 saturated carbocycles. The van der Waals surface area contributed by atoms with E-state index < -0.39 is 0 Å². The van der Waals surface area contributed by atoms with Crippen LogP contribution in [-0.2, 0) is 16.0 Å². The molecule has 0 saturated heterocycles. The van der Waals surface area contributed by atoms with Crippen LogP contribution in [0.2, 0.25) is 10.0 Å². The minimum absolute atomic E-state index is 0.368. The third-order valence-electron chi connectivity index (χ3n) is 4.01. The maximum atomic E-state index is 5.85. The molecule has 0 atom stereocenters. The van der Waals surface area contributed by atoms with Crippen molar-refractivity contribution in [3.05, 3.63) is 76.0 Å². The number of ether oxygens (including phenoxy) is 2. The molecule has 0 fully saturated rings. The Morgan fingerprint density at radius 2 is 1.61 bits per heavy atom. The summed E-state index contributed by atoms with van der Waals surface area (Å²) in [6.07, 6.45) is 1.49. The van der Waals surface area contributed by atoms with Crippen molar-refractivity contribution in [2.75, 3.05) is 14.2 Å². The van der Waals surface area contributed by atoms with Gasteiger partial charge in [-0.3, -0.25) is 9.98 Å². The quantitative estimate of drug-likeness (QED) is 0.370. The lowest BCUT2D eigenvalue weighted by molar-refractivity contribution is -0.0524. The molecule has 0 aliphatic rings. The molecule has 0 bridgehead atoms. The number of hydrogen-bond donors (Lipinski definition) is 0. The molecule has 0 unspecified atom stereocenters. The number of methoxy groups -OCH3 is 2. The van der Waals surface area contributed by atoms with Crippen molar-refractivity contribution in [1.29, 1.82) is 0 Å². The van der Waals surface area contributed by atoms with Gasteiger partial charge in [0.1, 0.15) is 0 Å². The predicted octanol–water partition coefficient (Wildman–Crippen LogP) is 6.12. The van der Waals surface area contributed by atoms with Crippen LogP contribution in [0.5, 0.6) is 0 Å². The van der Waals surface area contributed by atoms with Crippen molar-refractivity contribution in [2.45, 2.75) is 26.7 Å². The number of hydrogen-bond acceptors (Lipinski definition) is 4. The molecule has 3 rings (SSSR count). The summed E-state index contributed by atoms with van der Waals surface area (Å²) in [6.45, 7) is 4.46. The fourth-order valence-electron chi connectivity index (χ4n) is 2.54. The zero-order chi connectivity index (χ0) is 20.5. The van der Waals surface area contributed by atoms with Crippen LogP contribution in [0.1, 0.15) is 18.2 Å². The van der Waals surface area contributed by atoms with Gasteiger partial charge < -0.3 is 9.47 Å². The van der Waals surface area contributed by atoms with Crippen molar-refractivity contribution in [2.24, 2.45) is 4.99 Å². The molecule has 0 N–H and O–H groups in total. The van der Waals surface area contributed by atoms with Gasteiger partial charge in [-0.15, -0.1) is 0 Å². The van der Waals surface area contributed by atoms with E-state index in [0.29, 0.717) is 6.54 Å². The van der Waals surface area contributed by atoms with Crippen LogP contribution in [0.4, 0.5) is 0 Å². The van der Waals surface area contributed by atoms with E-state index in [9.17, 15) is 0 Å². The van der Waals surface area contributed by atoms with Gasteiger partial charge in [0.25, 0.3) is 0 Å². The third kappa shape index (κ3) is 6.88. The molecule has 0 aliphatic carbocycles. The number of rotatable bonds is 5. The van der Waals surface area contributed by atoms with Gasteiger partial charge in [0.2, 0.25) is 0 Å². The summed E-state index contributed by atoms with van der Waals surface area (Å²) in [5.74, 6) is 0. The summed E-state index contributed by atoms with van der Waals surface area (Å²) < 4.78 is 10.2. The van der Waals surface area contributed by atoms with E-state index in [-0.39, 0.29) is 6.29 Å². The molecule has 1 aromatic heterocycles. The van der Waals surface area contributed by atoms with Crippen LogP contribution >= 0.6 is 23.2 Å². The molecule has 1 heterocycles. The summed E-state index contributed by atoms with van der Waals surface area (Å²) in [4.78, 5) is 8.58. The molecule has 148 valence electrons. The normalized spacial score (nSPS) is 11.5. The van der Waals surface area contributed by atoms with Gasteiger partial charge >= 0.3 is 0 Å². The summed E-state index contributed by atoms with van der Waals surface area (Å²) in [6, 6.07) is 15.4. The molecule has 6 heteroatoms. The van der Waals surface area contributed by atoms with Crippen molar-refractivity contribution in [3.63, 3.8) is 0 Å². The van der Waals surface area contributed by atoms with Gasteiger partial charge in [-0.05, 0) is 55.1 Å². The predicted molar refractivity (Wildman–Crippen MR) is 118 cm³/mol. The Morgan fingerprint density at radius 1 is 0.964 bits per heavy atom. The highest BCUT2D eigenvalue weighted by molar-refractivity contribution is 6.31. The molecule has 4 nitrogen and oxygen atoms in total. The van der Waals surface area contributed by atoms with Crippen molar-refractivity contribution < 1.29 is 9.47 Å². The Balaban J connectivity index is 0.000000207. The number of aliphatic imine (C=N–C) groups is 1. The van der Waals surface area contributed by atoms with Gasteiger partial charge in [-0.2, -0.15) is 0 Å². The van der Waals surface area contributed by atoms with E-state index in [4.69, 9.17) is 32.7 Å². The first-order valence-electron chi connectivity index (χ1n) is 8.76. The smallest absolute Gasteiger partial charge is 0.195 e. The van der Waals surface area contributed by atoms with E-state index in [0.717, 1.165) is 37.8 Å². The molecular weight excluding hydrogens is 395 g/mol. The monoisotopic (exact) mass is 418 g/mol. The second kappa shape index (κ2) is 11.1. The molecule has 0 amide bonds. The van der Waals surface area contributed by atoms with Crippen LogP contribution in [0, 0.1) is 6.92 Å². The number of fused-ring (bicyclic) bond motifs is 1. The number of benzene rings is 2. The summed E-state index contributed by atoms with van der Waals surface area (Å²) in [5, 5.41) is 3.78. The first-order valence-corrected chi connectivity index (χ1v) is 9.51. The number of aromatic nitrogens is 1. The highest BCUT2D eigenvalue weighted by Crippen LogP contribution is 2.18. The molecule has 0 radical (unpaired) electrons. The largest absolute Gasteiger partial charge is 0.351 e. The minimum atomic E-state index is -0.368. The third-order valence-corrected chi connectivity index (χ3v) is 4.50. The lowest BCUT2D eigenvalue weighted by Gasteiger charge is -2.12. The highest BCUT2D eigenvalue weighted by atomic mass is 35.5. The topological polar surface area (TPSA) is 43.7 Å². The van der Waals surface area contributed by atoms with Crippen molar-refractivity contribution in [3.8, 4) is 0 Å². The molecule has 0 aliphatic heterocycles. The van der Waals surface area contributed by atoms with E-state index in [1.54, 1.807) is 14.2 Å². The fourth-order valence-corrected chi connectivity index (χ4v) is 2.85. The number of halogens is 2. The average Bonchev–Trinajstić information content (AvgIpc) is 2.68. The maximum absolute atomic E-state index is 5.85. The van der Waals surface area contributed by atoms with Crippen LogP contribution in [0.15, 0.2) is 59.7 Å². The number of nitrogens with zero attached hydrogens (tertiary/aromatic N) is 2. The lowest BCUT2D eigenvalue weighted by Crippen LogP contribution is -2.22.